The summed E-state index contributed by atoms with van der Waals surface area (Å²) < 4.78 is 0. The number of hydrogen-bond donors (Lipinski definition) is 0. The molecule has 0 bridgehead atoms. The summed E-state index contributed by atoms with van der Waals surface area (Å²) in [5, 5.41) is 0. The molecule has 0 N–H and O–H groups in total. The lowest BCUT2D eigenvalue weighted by Gasteiger charge is -1.91. The van der Waals surface area contributed by atoms with Crippen LogP contribution < -0.4 is 0 Å². The van der Waals surface area contributed by atoms with Crippen molar-refractivity contribution in [2.45, 2.75) is 27.2 Å². The van der Waals surface area contributed by atoms with Crippen LogP contribution in [0, 0.1) is 0 Å². The normalized spacial score (nSPS) is 12.5. The predicted molar refractivity (Wildman–Crippen MR) is 48.0 cm³/mol. The van der Waals surface area contributed by atoms with Gasteiger partial charge in [-0.1, -0.05) is 36.0 Å². The van der Waals surface area contributed by atoms with Gasteiger partial charge in [0.05, 0.1) is 0 Å². The lowest BCUT2D eigenvalue weighted by Crippen LogP contribution is -1.70. The quantitative estimate of drug-likeness (QED) is 0.411. The average Bonchev–Trinajstić information content (AvgIpc) is 1.87. The molecule has 0 aromatic rings. The Morgan fingerprint density at radius 2 is 2.00 bits per heavy atom. The van der Waals surface area contributed by atoms with Crippen LogP contribution in [0.25, 0.3) is 0 Å². The molecule has 0 nitrogen and oxygen atoms in total. The zero-order valence-corrected chi connectivity index (χ0v) is 7.15. The molecule has 10 heavy (non-hydrogen) atoms. The van der Waals surface area contributed by atoms with Gasteiger partial charge in [0.1, 0.15) is 0 Å². The van der Waals surface area contributed by atoms with Gasteiger partial charge in [0.15, 0.2) is 0 Å². The first-order valence-electron chi connectivity index (χ1n) is 3.60. The van der Waals surface area contributed by atoms with E-state index in [1.807, 2.05) is 13.0 Å². The monoisotopic (exact) mass is 136 g/mol. The van der Waals surface area contributed by atoms with Crippen LogP contribution in [0.4, 0.5) is 0 Å². The van der Waals surface area contributed by atoms with E-state index in [-0.39, 0.29) is 0 Å². The summed E-state index contributed by atoms with van der Waals surface area (Å²) in [6.45, 7) is 9.96. The van der Waals surface area contributed by atoms with E-state index in [1.54, 1.807) is 0 Å². The molecule has 0 aromatic carbocycles. The fourth-order valence-corrected chi connectivity index (χ4v) is 0.564. The minimum absolute atomic E-state index is 1.04. The summed E-state index contributed by atoms with van der Waals surface area (Å²) in [6, 6.07) is 0. The van der Waals surface area contributed by atoms with E-state index >= 15 is 0 Å². The van der Waals surface area contributed by atoms with Gasteiger partial charge in [-0.2, -0.15) is 0 Å². The summed E-state index contributed by atoms with van der Waals surface area (Å²) in [4.78, 5) is 0. The molecule has 0 saturated carbocycles. The van der Waals surface area contributed by atoms with Crippen LogP contribution in [0.5, 0.6) is 0 Å². The topological polar surface area (TPSA) is 0 Å². The van der Waals surface area contributed by atoms with Crippen molar-refractivity contribution in [1.29, 1.82) is 0 Å². The predicted octanol–water partition coefficient (Wildman–Crippen LogP) is 3.48. The minimum atomic E-state index is 1.04. The molecular formula is C10H16. The Kier molecular flexibility index (Phi) is 4.65. The largest absolute Gasteiger partial charge is 0.0961 e. The molecule has 0 heterocycles. The molecule has 0 aliphatic heterocycles. The summed E-state index contributed by atoms with van der Waals surface area (Å²) in [5.74, 6) is 0. The van der Waals surface area contributed by atoms with E-state index in [1.165, 1.54) is 5.57 Å². The third-order valence-electron chi connectivity index (χ3n) is 1.33. The molecule has 0 aliphatic rings. The van der Waals surface area contributed by atoms with Crippen molar-refractivity contribution in [2.75, 3.05) is 0 Å². The van der Waals surface area contributed by atoms with Gasteiger partial charge in [-0.25, -0.2) is 0 Å². The second-order valence-corrected chi connectivity index (χ2v) is 2.59. The highest BCUT2D eigenvalue weighted by Gasteiger charge is 1.80. The number of hydrogen-bond acceptors (Lipinski definition) is 0. The van der Waals surface area contributed by atoms with Gasteiger partial charge in [0, 0.05) is 0 Å². The maximum atomic E-state index is 3.77. The first kappa shape index (κ1) is 9.22. The first-order chi connectivity index (χ1) is 4.66. The molecule has 0 atom stereocenters. The Morgan fingerprint density at radius 1 is 1.40 bits per heavy atom. The third kappa shape index (κ3) is 5.36. The Labute approximate surface area is 64.0 Å². The SMILES string of the molecule is C=C(C)/C=C\C/C(C)=C\C. The molecule has 0 heteroatoms. The second kappa shape index (κ2) is 5.04. The van der Waals surface area contributed by atoms with Crippen LogP contribution in [-0.2, 0) is 0 Å². The van der Waals surface area contributed by atoms with Crippen molar-refractivity contribution in [2.24, 2.45) is 0 Å². The fourth-order valence-electron chi connectivity index (χ4n) is 0.564. The van der Waals surface area contributed by atoms with Gasteiger partial charge in [0.2, 0.25) is 0 Å². The molecule has 0 amide bonds. The molecule has 0 aromatic heterocycles. The summed E-state index contributed by atoms with van der Waals surface area (Å²) in [5.41, 5.74) is 2.52. The average molecular weight is 136 g/mol. The zero-order valence-electron chi connectivity index (χ0n) is 7.15. The van der Waals surface area contributed by atoms with Crippen molar-refractivity contribution >= 4 is 0 Å². The molecule has 0 fully saturated rings. The van der Waals surface area contributed by atoms with E-state index in [0.29, 0.717) is 0 Å². The van der Waals surface area contributed by atoms with Gasteiger partial charge in [-0.05, 0) is 27.2 Å². The molecule has 0 rings (SSSR count). The lowest BCUT2D eigenvalue weighted by molar-refractivity contribution is 1.19. The highest BCUT2D eigenvalue weighted by molar-refractivity contribution is 5.14. The van der Waals surface area contributed by atoms with Gasteiger partial charge in [-0.15, -0.1) is 0 Å². The zero-order chi connectivity index (χ0) is 7.98. The maximum Gasteiger partial charge on any atom is -0.0138 e. The molecule has 0 aliphatic carbocycles. The standard InChI is InChI=1S/C10H16/c1-5-10(4)8-6-7-9(2)3/h5-7H,2,8H2,1,3-4H3/b7-6-,10-5-. The van der Waals surface area contributed by atoms with E-state index < -0.39 is 0 Å². The van der Waals surface area contributed by atoms with Crippen LogP contribution in [0.3, 0.4) is 0 Å². The van der Waals surface area contributed by atoms with Crippen LogP contribution in [0.1, 0.15) is 27.2 Å². The summed E-state index contributed by atoms with van der Waals surface area (Å²) >= 11 is 0. The van der Waals surface area contributed by atoms with Gasteiger partial charge >= 0.3 is 0 Å². The molecule has 0 spiro atoms. The molecule has 56 valence electrons. The Hall–Kier alpha value is -0.780. The van der Waals surface area contributed by atoms with E-state index in [2.05, 4.69) is 32.6 Å². The minimum Gasteiger partial charge on any atom is -0.0961 e. The number of allylic oxidation sites excluding steroid dienone is 5. The van der Waals surface area contributed by atoms with E-state index in [0.717, 1.165) is 12.0 Å². The summed E-state index contributed by atoms with van der Waals surface area (Å²) in [6.07, 6.45) is 7.36. The van der Waals surface area contributed by atoms with Crippen molar-refractivity contribution in [3.05, 3.63) is 36.0 Å². The maximum absolute atomic E-state index is 3.77. The van der Waals surface area contributed by atoms with Crippen LogP contribution in [-0.4, -0.2) is 0 Å². The van der Waals surface area contributed by atoms with E-state index in [4.69, 9.17) is 0 Å². The lowest BCUT2D eigenvalue weighted by atomic mass is 10.2. The van der Waals surface area contributed by atoms with Gasteiger partial charge in [0.25, 0.3) is 0 Å². The third-order valence-corrected chi connectivity index (χ3v) is 1.33. The van der Waals surface area contributed by atoms with Gasteiger partial charge < -0.3 is 0 Å². The van der Waals surface area contributed by atoms with Crippen molar-refractivity contribution < 1.29 is 0 Å². The Bertz CT molecular complexity index is 159. The van der Waals surface area contributed by atoms with Crippen molar-refractivity contribution in [3.63, 3.8) is 0 Å². The molecular weight excluding hydrogens is 120 g/mol. The van der Waals surface area contributed by atoms with Crippen LogP contribution in [0.2, 0.25) is 0 Å². The molecule has 0 saturated heterocycles. The fraction of sp³-hybridized carbons (Fsp3) is 0.400. The smallest absolute Gasteiger partial charge is 0.0138 e. The summed E-state index contributed by atoms with van der Waals surface area (Å²) in [7, 11) is 0. The molecule has 0 radical (unpaired) electrons. The van der Waals surface area contributed by atoms with Crippen LogP contribution >= 0.6 is 0 Å². The number of rotatable bonds is 3. The first-order valence-corrected chi connectivity index (χ1v) is 3.60. The highest BCUT2D eigenvalue weighted by atomic mass is 13.9. The molecule has 0 unspecified atom stereocenters. The van der Waals surface area contributed by atoms with Crippen molar-refractivity contribution in [3.8, 4) is 0 Å². The van der Waals surface area contributed by atoms with Crippen LogP contribution in [0.15, 0.2) is 36.0 Å². The van der Waals surface area contributed by atoms with Crippen molar-refractivity contribution in [1.82, 2.24) is 0 Å². The van der Waals surface area contributed by atoms with Gasteiger partial charge in [-0.3, -0.25) is 0 Å². The Balaban J connectivity index is 3.64. The van der Waals surface area contributed by atoms with E-state index in [9.17, 15) is 0 Å². The Morgan fingerprint density at radius 3 is 2.40 bits per heavy atom. The second-order valence-electron chi connectivity index (χ2n) is 2.59. The highest BCUT2D eigenvalue weighted by Crippen LogP contribution is 2.01.